The van der Waals surface area contributed by atoms with Crippen molar-refractivity contribution in [2.75, 3.05) is 18.9 Å². The SMILES string of the molecule is CN1C=C(c2cnc3c(Nc4ccccc4)nccn23)CN1. The van der Waals surface area contributed by atoms with Gasteiger partial charge in [0.05, 0.1) is 11.9 Å². The summed E-state index contributed by atoms with van der Waals surface area (Å²) in [6, 6.07) is 9.98. The minimum atomic E-state index is 0.750. The highest BCUT2D eigenvalue weighted by molar-refractivity contribution is 5.74. The summed E-state index contributed by atoms with van der Waals surface area (Å²) in [5.41, 5.74) is 7.33. The molecule has 0 fully saturated rings. The Kier molecular flexibility index (Phi) is 3.01. The number of hydrazine groups is 1. The highest BCUT2D eigenvalue weighted by atomic mass is 15.5. The summed E-state index contributed by atoms with van der Waals surface area (Å²) in [5.74, 6) is 0.750. The fourth-order valence-electron chi connectivity index (χ4n) is 2.59. The molecule has 0 spiro atoms. The van der Waals surface area contributed by atoms with Crippen LogP contribution in [0.2, 0.25) is 0 Å². The Morgan fingerprint density at radius 2 is 2.05 bits per heavy atom. The average molecular weight is 292 g/mol. The smallest absolute Gasteiger partial charge is 0.180 e. The second kappa shape index (κ2) is 5.16. The van der Waals surface area contributed by atoms with Gasteiger partial charge in [-0.2, -0.15) is 0 Å². The van der Waals surface area contributed by atoms with Crippen LogP contribution in [0, 0.1) is 0 Å². The molecular weight excluding hydrogens is 276 g/mol. The van der Waals surface area contributed by atoms with Crippen LogP contribution in [0.1, 0.15) is 5.69 Å². The second-order valence-corrected chi connectivity index (χ2v) is 5.20. The van der Waals surface area contributed by atoms with Gasteiger partial charge >= 0.3 is 0 Å². The number of hydrogen-bond acceptors (Lipinski definition) is 5. The molecule has 6 heteroatoms. The zero-order valence-electron chi connectivity index (χ0n) is 12.2. The normalized spacial score (nSPS) is 14.4. The van der Waals surface area contributed by atoms with Crippen LogP contribution in [0.5, 0.6) is 0 Å². The molecule has 0 amide bonds. The predicted octanol–water partition coefficient (Wildman–Crippen LogP) is 2.26. The summed E-state index contributed by atoms with van der Waals surface area (Å²) in [6.07, 6.45) is 7.69. The molecule has 1 aromatic carbocycles. The van der Waals surface area contributed by atoms with Gasteiger partial charge in [0.25, 0.3) is 0 Å². The highest BCUT2D eigenvalue weighted by Gasteiger charge is 2.16. The van der Waals surface area contributed by atoms with Crippen LogP contribution in [-0.2, 0) is 0 Å². The first-order valence-corrected chi connectivity index (χ1v) is 7.13. The summed E-state index contributed by atoms with van der Waals surface area (Å²) >= 11 is 0. The van der Waals surface area contributed by atoms with Crippen molar-refractivity contribution < 1.29 is 0 Å². The molecule has 0 saturated carbocycles. The molecule has 2 aromatic heterocycles. The molecule has 3 heterocycles. The summed E-state index contributed by atoms with van der Waals surface area (Å²) in [7, 11) is 1.99. The Morgan fingerprint density at radius 3 is 2.82 bits per heavy atom. The quantitative estimate of drug-likeness (QED) is 0.775. The third-order valence-corrected chi connectivity index (χ3v) is 3.66. The van der Waals surface area contributed by atoms with E-state index in [9.17, 15) is 0 Å². The number of imidazole rings is 1. The van der Waals surface area contributed by atoms with Crippen LogP contribution in [0.4, 0.5) is 11.5 Å². The summed E-state index contributed by atoms with van der Waals surface area (Å²) in [5, 5.41) is 5.28. The van der Waals surface area contributed by atoms with Crippen molar-refractivity contribution in [2.24, 2.45) is 0 Å². The van der Waals surface area contributed by atoms with Gasteiger partial charge in [0.1, 0.15) is 0 Å². The monoisotopic (exact) mass is 292 g/mol. The van der Waals surface area contributed by atoms with Gasteiger partial charge in [-0.3, -0.25) is 4.40 Å². The lowest BCUT2D eigenvalue weighted by Gasteiger charge is -2.07. The van der Waals surface area contributed by atoms with Gasteiger partial charge in [-0.25, -0.2) is 15.4 Å². The van der Waals surface area contributed by atoms with Crippen LogP contribution >= 0.6 is 0 Å². The molecule has 3 aromatic rings. The number of rotatable bonds is 3. The van der Waals surface area contributed by atoms with E-state index in [2.05, 4.69) is 31.3 Å². The first kappa shape index (κ1) is 12.8. The van der Waals surface area contributed by atoms with E-state index in [1.807, 2.05) is 54.8 Å². The van der Waals surface area contributed by atoms with Crippen LogP contribution in [0.15, 0.2) is 55.1 Å². The number of hydrogen-bond donors (Lipinski definition) is 2. The van der Waals surface area contributed by atoms with E-state index >= 15 is 0 Å². The van der Waals surface area contributed by atoms with Crippen LogP contribution in [0.3, 0.4) is 0 Å². The van der Waals surface area contributed by atoms with E-state index in [1.54, 1.807) is 6.20 Å². The minimum Gasteiger partial charge on any atom is -0.337 e. The zero-order valence-corrected chi connectivity index (χ0v) is 12.2. The standard InChI is InChI=1S/C16H16N6/c1-21-11-12(9-19-21)14-10-18-16-15(17-7-8-22(14)16)20-13-5-3-2-4-6-13/h2-8,10-11,19H,9H2,1H3,(H,17,20). The molecule has 2 N–H and O–H groups in total. The number of nitrogens with one attached hydrogen (secondary N) is 2. The van der Waals surface area contributed by atoms with Gasteiger partial charge in [-0.1, -0.05) is 18.2 Å². The number of aromatic nitrogens is 3. The molecule has 0 bridgehead atoms. The molecule has 1 aliphatic rings. The molecule has 0 saturated heterocycles. The highest BCUT2D eigenvalue weighted by Crippen LogP contribution is 2.23. The molecule has 0 radical (unpaired) electrons. The Hall–Kier alpha value is -2.86. The summed E-state index contributed by atoms with van der Waals surface area (Å²) in [4.78, 5) is 8.95. The predicted molar refractivity (Wildman–Crippen MR) is 86.5 cm³/mol. The van der Waals surface area contributed by atoms with Gasteiger partial charge in [0.15, 0.2) is 11.5 Å². The van der Waals surface area contributed by atoms with Crippen LogP contribution in [0.25, 0.3) is 11.2 Å². The van der Waals surface area contributed by atoms with E-state index in [-0.39, 0.29) is 0 Å². The maximum Gasteiger partial charge on any atom is 0.180 e. The molecule has 4 rings (SSSR count). The van der Waals surface area contributed by atoms with Crippen LogP contribution in [-0.4, -0.2) is 33.0 Å². The van der Waals surface area contributed by atoms with Crippen molar-refractivity contribution in [3.63, 3.8) is 0 Å². The molecule has 0 aliphatic carbocycles. The number of anilines is 2. The third-order valence-electron chi connectivity index (χ3n) is 3.66. The van der Waals surface area contributed by atoms with E-state index in [1.165, 1.54) is 5.57 Å². The maximum atomic E-state index is 4.54. The van der Waals surface area contributed by atoms with Crippen molar-refractivity contribution in [1.29, 1.82) is 0 Å². The number of fused-ring (bicyclic) bond motifs is 1. The molecule has 1 aliphatic heterocycles. The lowest BCUT2D eigenvalue weighted by Crippen LogP contribution is -2.23. The summed E-state index contributed by atoms with van der Waals surface area (Å²) < 4.78 is 2.06. The molecule has 110 valence electrons. The number of para-hydroxylation sites is 1. The lowest BCUT2D eigenvalue weighted by atomic mass is 10.2. The fraction of sp³-hybridized carbons (Fsp3) is 0.125. The second-order valence-electron chi connectivity index (χ2n) is 5.20. The first-order chi connectivity index (χ1) is 10.8. The maximum absolute atomic E-state index is 4.54. The lowest BCUT2D eigenvalue weighted by molar-refractivity contribution is 0.374. The van der Waals surface area contributed by atoms with Crippen molar-refractivity contribution in [1.82, 2.24) is 24.8 Å². The van der Waals surface area contributed by atoms with E-state index in [4.69, 9.17) is 0 Å². The third kappa shape index (κ3) is 2.19. The summed E-state index contributed by atoms with van der Waals surface area (Å²) in [6.45, 7) is 0.800. The van der Waals surface area contributed by atoms with E-state index in [0.29, 0.717) is 0 Å². The number of benzene rings is 1. The van der Waals surface area contributed by atoms with E-state index < -0.39 is 0 Å². The van der Waals surface area contributed by atoms with Gasteiger partial charge in [0, 0.05) is 43.4 Å². The van der Waals surface area contributed by atoms with Gasteiger partial charge < -0.3 is 10.3 Å². The molecule has 0 atom stereocenters. The van der Waals surface area contributed by atoms with Gasteiger partial charge in [0.2, 0.25) is 0 Å². The Morgan fingerprint density at radius 1 is 1.18 bits per heavy atom. The first-order valence-electron chi connectivity index (χ1n) is 7.13. The molecular formula is C16H16N6. The fourth-order valence-corrected chi connectivity index (χ4v) is 2.59. The van der Waals surface area contributed by atoms with Crippen molar-refractivity contribution in [3.05, 3.63) is 60.8 Å². The average Bonchev–Trinajstić information content (AvgIpc) is 3.15. The van der Waals surface area contributed by atoms with Crippen molar-refractivity contribution >= 4 is 22.7 Å². The van der Waals surface area contributed by atoms with Crippen molar-refractivity contribution in [2.45, 2.75) is 0 Å². The largest absolute Gasteiger partial charge is 0.337 e. The molecule has 22 heavy (non-hydrogen) atoms. The molecule has 0 unspecified atom stereocenters. The Bertz CT molecular complexity index is 836. The van der Waals surface area contributed by atoms with Crippen molar-refractivity contribution in [3.8, 4) is 0 Å². The van der Waals surface area contributed by atoms with E-state index in [0.717, 1.165) is 29.4 Å². The minimum absolute atomic E-state index is 0.750. The van der Waals surface area contributed by atoms with Gasteiger partial charge in [-0.15, -0.1) is 0 Å². The van der Waals surface area contributed by atoms with Gasteiger partial charge in [-0.05, 0) is 12.1 Å². The zero-order chi connectivity index (χ0) is 14.9. The Balaban J connectivity index is 1.76. The van der Waals surface area contributed by atoms with Crippen LogP contribution < -0.4 is 10.7 Å². The topological polar surface area (TPSA) is 57.5 Å². The molecule has 6 nitrogen and oxygen atoms in total. The number of nitrogens with zero attached hydrogens (tertiary/aromatic N) is 4. The Labute approximate surface area is 128 Å².